The summed E-state index contributed by atoms with van der Waals surface area (Å²) in [4.78, 5) is 10.5. The van der Waals surface area contributed by atoms with Crippen LogP contribution in [0.3, 0.4) is 0 Å². The molecule has 1 aliphatic carbocycles. The van der Waals surface area contributed by atoms with Crippen LogP contribution in [0.5, 0.6) is 0 Å². The molecule has 0 bridgehead atoms. The van der Waals surface area contributed by atoms with Gasteiger partial charge in [-0.05, 0) is 38.5 Å². The van der Waals surface area contributed by atoms with Crippen molar-refractivity contribution in [1.29, 1.82) is 0 Å². The summed E-state index contributed by atoms with van der Waals surface area (Å²) < 4.78 is 12.7. The van der Waals surface area contributed by atoms with E-state index in [1.54, 1.807) is 13.0 Å². The lowest BCUT2D eigenvalue weighted by Gasteiger charge is -2.21. The van der Waals surface area contributed by atoms with Crippen LogP contribution in [0, 0.1) is 5.92 Å². The largest absolute Gasteiger partial charge is 0.478 e. The Balaban J connectivity index is 2.46. The Bertz CT molecular complexity index is 215. The summed E-state index contributed by atoms with van der Waals surface area (Å²) in [6.07, 6.45) is 3.81. The minimum absolute atomic E-state index is 0.267. The van der Waals surface area contributed by atoms with Crippen molar-refractivity contribution in [3.8, 4) is 0 Å². The SMILES string of the molecule is CC(=CC1CCC(F)CC1)C(=O)O. The highest BCUT2D eigenvalue weighted by molar-refractivity contribution is 5.85. The predicted molar refractivity (Wildman–Crippen MR) is 48.2 cm³/mol. The molecule has 0 aromatic rings. The van der Waals surface area contributed by atoms with Crippen LogP contribution < -0.4 is 0 Å². The fourth-order valence-electron chi connectivity index (χ4n) is 1.67. The van der Waals surface area contributed by atoms with Crippen LogP contribution in [-0.4, -0.2) is 17.2 Å². The number of aliphatic carboxylic acids is 1. The van der Waals surface area contributed by atoms with Gasteiger partial charge in [0.15, 0.2) is 0 Å². The molecule has 0 heterocycles. The third kappa shape index (κ3) is 3.17. The highest BCUT2D eigenvalue weighted by Gasteiger charge is 2.19. The Kier molecular flexibility index (Phi) is 3.46. The van der Waals surface area contributed by atoms with Crippen molar-refractivity contribution in [2.45, 2.75) is 38.8 Å². The number of hydrogen-bond donors (Lipinski definition) is 1. The van der Waals surface area contributed by atoms with E-state index in [0.29, 0.717) is 18.4 Å². The average molecular weight is 186 g/mol. The van der Waals surface area contributed by atoms with Crippen LogP contribution >= 0.6 is 0 Å². The quantitative estimate of drug-likeness (QED) is 0.673. The van der Waals surface area contributed by atoms with E-state index >= 15 is 0 Å². The molecule has 1 fully saturated rings. The van der Waals surface area contributed by atoms with Gasteiger partial charge in [-0.3, -0.25) is 0 Å². The van der Waals surface area contributed by atoms with Gasteiger partial charge in [0, 0.05) is 5.57 Å². The molecule has 0 aromatic heterocycles. The molecule has 0 amide bonds. The molecule has 0 aliphatic heterocycles. The van der Waals surface area contributed by atoms with E-state index in [1.165, 1.54) is 0 Å². The molecule has 0 spiro atoms. The Morgan fingerprint density at radius 3 is 2.38 bits per heavy atom. The van der Waals surface area contributed by atoms with Crippen molar-refractivity contribution in [3.05, 3.63) is 11.6 Å². The summed E-state index contributed by atoms with van der Waals surface area (Å²) in [5.41, 5.74) is 0.377. The van der Waals surface area contributed by atoms with Gasteiger partial charge in [-0.2, -0.15) is 0 Å². The molecule has 1 N–H and O–H groups in total. The average Bonchev–Trinajstić information content (AvgIpc) is 2.08. The van der Waals surface area contributed by atoms with E-state index < -0.39 is 12.1 Å². The summed E-state index contributed by atoms with van der Waals surface area (Å²) in [6, 6.07) is 0. The first-order valence-electron chi connectivity index (χ1n) is 4.65. The Hall–Kier alpha value is -0.860. The minimum Gasteiger partial charge on any atom is -0.478 e. The molecule has 3 heteroatoms. The normalized spacial score (nSPS) is 30.2. The van der Waals surface area contributed by atoms with Gasteiger partial charge in [-0.1, -0.05) is 6.08 Å². The molecule has 0 saturated heterocycles. The first-order chi connectivity index (χ1) is 6.09. The number of allylic oxidation sites excluding steroid dienone is 1. The van der Waals surface area contributed by atoms with Gasteiger partial charge in [0.05, 0.1) is 0 Å². The van der Waals surface area contributed by atoms with Crippen LogP contribution in [0.4, 0.5) is 4.39 Å². The zero-order valence-electron chi connectivity index (χ0n) is 7.79. The molecule has 74 valence electrons. The summed E-state index contributed by atoms with van der Waals surface area (Å²) in [6.45, 7) is 1.59. The summed E-state index contributed by atoms with van der Waals surface area (Å²) in [5.74, 6) is -0.606. The highest BCUT2D eigenvalue weighted by Crippen LogP contribution is 2.27. The van der Waals surface area contributed by atoms with Gasteiger partial charge >= 0.3 is 5.97 Å². The molecule has 0 aromatic carbocycles. The molecule has 0 atom stereocenters. The summed E-state index contributed by atoms with van der Waals surface area (Å²) >= 11 is 0. The van der Waals surface area contributed by atoms with Crippen molar-refractivity contribution in [2.24, 2.45) is 5.92 Å². The first-order valence-corrected chi connectivity index (χ1v) is 4.65. The first kappa shape index (κ1) is 10.2. The van der Waals surface area contributed by atoms with E-state index in [2.05, 4.69) is 0 Å². The second kappa shape index (κ2) is 4.40. The van der Waals surface area contributed by atoms with Gasteiger partial charge in [-0.15, -0.1) is 0 Å². The maximum Gasteiger partial charge on any atom is 0.330 e. The van der Waals surface area contributed by atoms with Gasteiger partial charge in [0.25, 0.3) is 0 Å². The van der Waals surface area contributed by atoms with Crippen molar-refractivity contribution in [1.82, 2.24) is 0 Å². The van der Waals surface area contributed by atoms with Gasteiger partial charge < -0.3 is 5.11 Å². The van der Waals surface area contributed by atoms with Crippen LogP contribution in [0.25, 0.3) is 0 Å². The van der Waals surface area contributed by atoms with E-state index in [4.69, 9.17) is 5.11 Å². The molecule has 0 radical (unpaired) electrons. The molecule has 1 aliphatic rings. The van der Waals surface area contributed by atoms with E-state index in [1.807, 2.05) is 0 Å². The van der Waals surface area contributed by atoms with Crippen molar-refractivity contribution in [2.75, 3.05) is 0 Å². The number of carboxylic acid groups (broad SMARTS) is 1. The second-order valence-corrected chi connectivity index (χ2v) is 3.67. The molecule has 1 saturated carbocycles. The van der Waals surface area contributed by atoms with Crippen molar-refractivity contribution >= 4 is 5.97 Å². The van der Waals surface area contributed by atoms with Gasteiger partial charge in [0.1, 0.15) is 6.17 Å². The Labute approximate surface area is 77.4 Å². The maximum atomic E-state index is 12.7. The zero-order chi connectivity index (χ0) is 9.84. The maximum absolute atomic E-state index is 12.7. The monoisotopic (exact) mass is 186 g/mol. The topological polar surface area (TPSA) is 37.3 Å². The van der Waals surface area contributed by atoms with Crippen molar-refractivity contribution in [3.63, 3.8) is 0 Å². The predicted octanol–water partition coefficient (Wildman–Crippen LogP) is 2.55. The summed E-state index contributed by atoms with van der Waals surface area (Å²) in [5, 5.41) is 8.62. The van der Waals surface area contributed by atoms with Crippen LogP contribution in [0.2, 0.25) is 0 Å². The molecule has 2 nitrogen and oxygen atoms in total. The van der Waals surface area contributed by atoms with Crippen LogP contribution in [0.1, 0.15) is 32.6 Å². The molecular formula is C10H15FO2. The molecule has 1 rings (SSSR count). The number of carboxylic acids is 1. The second-order valence-electron chi connectivity index (χ2n) is 3.67. The lowest BCUT2D eigenvalue weighted by Crippen LogP contribution is -2.14. The Morgan fingerprint density at radius 2 is 1.92 bits per heavy atom. The number of alkyl halides is 1. The molecular weight excluding hydrogens is 171 g/mol. The number of carbonyl (C=O) groups is 1. The fraction of sp³-hybridized carbons (Fsp3) is 0.700. The minimum atomic E-state index is -0.873. The third-order valence-corrected chi connectivity index (χ3v) is 2.52. The van der Waals surface area contributed by atoms with Gasteiger partial charge in [0.2, 0.25) is 0 Å². The molecule has 13 heavy (non-hydrogen) atoms. The molecule has 0 unspecified atom stereocenters. The van der Waals surface area contributed by atoms with Crippen LogP contribution in [-0.2, 0) is 4.79 Å². The standard InChI is InChI=1S/C10H15FO2/c1-7(10(12)13)6-8-2-4-9(11)5-3-8/h6,8-9H,2-5H2,1H3,(H,12,13). The summed E-state index contributed by atoms with van der Waals surface area (Å²) in [7, 11) is 0. The lowest BCUT2D eigenvalue weighted by atomic mass is 9.87. The van der Waals surface area contributed by atoms with E-state index in [9.17, 15) is 9.18 Å². The third-order valence-electron chi connectivity index (χ3n) is 2.52. The van der Waals surface area contributed by atoms with Crippen molar-refractivity contribution < 1.29 is 14.3 Å². The highest BCUT2D eigenvalue weighted by atomic mass is 19.1. The number of rotatable bonds is 2. The lowest BCUT2D eigenvalue weighted by molar-refractivity contribution is -0.132. The fourth-order valence-corrected chi connectivity index (χ4v) is 1.67. The number of hydrogen-bond acceptors (Lipinski definition) is 1. The van der Waals surface area contributed by atoms with E-state index in [-0.39, 0.29) is 5.92 Å². The van der Waals surface area contributed by atoms with E-state index in [0.717, 1.165) is 12.8 Å². The Morgan fingerprint density at radius 1 is 1.38 bits per heavy atom. The van der Waals surface area contributed by atoms with Gasteiger partial charge in [-0.25, -0.2) is 9.18 Å². The smallest absolute Gasteiger partial charge is 0.330 e. The number of halogens is 1. The van der Waals surface area contributed by atoms with Crippen LogP contribution in [0.15, 0.2) is 11.6 Å². The zero-order valence-corrected chi connectivity index (χ0v) is 7.79.